The summed E-state index contributed by atoms with van der Waals surface area (Å²) >= 11 is 0. The molecule has 0 radical (unpaired) electrons. The Hall–Kier alpha value is -1.56. The third-order valence-corrected chi connectivity index (χ3v) is 3.79. The molecule has 2 rings (SSSR count). The molecule has 0 bridgehead atoms. The average Bonchev–Trinajstić information content (AvgIpc) is 2.32. The molecule has 1 saturated carbocycles. The molecule has 1 aromatic rings. The standard InChI is InChI=1S/C13H19N.C2HF3O2/c1-9-4-5-11(6-10(9)2)12-7-13(8-12)14-3;3-2(4,5)1(6)7/h4-6,12-14H,7-8H2,1-3H3;(H,6,7). The van der Waals surface area contributed by atoms with Crippen LogP contribution in [-0.4, -0.2) is 30.3 Å². The van der Waals surface area contributed by atoms with Gasteiger partial charge >= 0.3 is 12.1 Å². The highest BCUT2D eigenvalue weighted by atomic mass is 19.4. The Bertz CT molecular complexity index is 494. The van der Waals surface area contributed by atoms with E-state index in [9.17, 15) is 13.2 Å². The third-order valence-electron chi connectivity index (χ3n) is 3.79. The molecular formula is C15H20F3NO2. The van der Waals surface area contributed by atoms with Gasteiger partial charge in [0.05, 0.1) is 0 Å². The summed E-state index contributed by atoms with van der Waals surface area (Å²) < 4.78 is 31.7. The van der Waals surface area contributed by atoms with Gasteiger partial charge in [-0.05, 0) is 56.3 Å². The van der Waals surface area contributed by atoms with Crippen LogP contribution in [-0.2, 0) is 4.79 Å². The van der Waals surface area contributed by atoms with Gasteiger partial charge in [-0.15, -0.1) is 0 Å². The van der Waals surface area contributed by atoms with Crippen molar-refractivity contribution in [2.24, 2.45) is 0 Å². The van der Waals surface area contributed by atoms with E-state index < -0.39 is 12.1 Å². The van der Waals surface area contributed by atoms with E-state index in [1.54, 1.807) is 0 Å². The number of rotatable bonds is 2. The van der Waals surface area contributed by atoms with E-state index in [1.165, 1.54) is 29.5 Å². The Morgan fingerprint density at radius 3 is 2.14 bits per heavy atom. The van der Waals surface area contributed by atoms with Crippen LogP contribution >= 0.6 is 0 Å². The van der Waals surface area contributed by atoms with Gasteiger partial charge in [0.25, 0.3) is 0 Å². The number of halogens is 3. The van der Waals surface area contributed by atoms with Gasteiger partial charge in [0.1, 0.15) is 0 Å². The third kappa shape index (κ3) is 5.04. The zero-order valence-corrected chi connectivity index (χ0v) is 12.3. The van der Waals surface area contributed by atoms with Gasteiger partial charge in [-0.3, -0.25) is 0 Å². The van der Waals surface area contributed by atoms with Gasteiger partial charge in [-0.25, -0.2) is 4.79 Å². The smallest absolute Gasteiger partial charge is 0.475 e. The van der Waals surface area contributed by atoms with Crippen molar-refractivity contribution in [2.75, 3.05) is 7.05 Å². The van der Waals surface area contributed by atoms with Gasteiger partial charge in [0.15, 0.2) is 0 Å². The first-order valence-electron chi connectivity index (χ1n) is 6.69. The molecule has 1 aliphatic carbocycles. The number of carboxylic acids is 1. The Balaban J connectivity index is 0.000000270. The lowest BCUT2D eigenvalue weighted by atomic mass is 9.75. The molecule has 0 amide bonds. The molecule has 0 heterocycles. The number of hydrogen-bond donors (Lipinski definition) is 2. The van der Waals surface area contributed by atoms with Crippen LogP contribution < -0.4 is 5.32 Å². The number of aryl methyl sites for hydroxylation is 2. The summed E-state index contributed by atoms with van der Waals surface area (Å²) in [5, 5.41) is 10.5. The van der Waals surface area contributed by atoms with Crippen molar-refractivity contribution >= 4 is 5.97 Å². The lowest BCUT2D eigenvalue weighted by Gasteiger charge is -2.35. The summed E-state index contributed by atoms with van der Waals surface area (Å²) in [4.78, 5) is 8.90. The summed E-state index contributed by atoms with van der Waals surface area (Å²) in [5.41, 5.74) is 4.35. The molecule has 1 fully saturated rings. The average molecular weight is 303 g/mol. The van der Waals surface area contributed by atoms with Crippen molar-refractivity contribution in [1.29, 1.82) is 0 Å². The number of benzene rings is 1. The normalized spacial score (nSPS) is 21.0. The number of carboxylic acid groups (broad SMARTS) is 1. The Morgan fingerprint density at radius 1 is 1.24 bits per heavy atom. The fourth-order valence-corrected chi connectivity index (χ4v) is 2.14. The predicted octanol–water partition coefficient (Wildman–Crippen LogP) is 3.40. The maximum absolute atomic E-state index is 10.6. The fourth-order valence-electron chi connectivity index (χ4n) is 2.14. The second-order valence-corrected chi connectivity index (χ2v) is 5.30. The van der Waals surface area contributed by atoms with Crippen LogP contribution in [0, 0.1) is 13.8 Å². The maximum atomic E-state index is 10.6. The van der Waals surface area contributed by atoms with Crippen molar-refractivity contribution in [3.8, 4) is 0 Å². The molecule has 3 nitrogen and oxygen atoms in total. The summed E-state index contributed by atoms with van der Waals surface area (Å²) in [6.07, 6.45) is -2.47. The molecule has 1 aromatic carbocycles. The molecule has 2 N–H and O–H groups in total. The summed E-state index contributed by atoms with van der Waals surface area (Å²) in [5.74, 6) is -1.96. The van der Waals surface area contributed by atoms with E-state index in [1.807, 2.05) is 0 Å². The minimum Gasteiger partial charge on any atom is -0.475 e. The lowest BCUT2D eigenvalue weighted by Crippen LogP contribution is -2.37. The first-order valence-corrected chi connectivity index (χ1v) is 6.69. The molecular weight excluding hydrogens is 283 g/mol. The van der Waals surface area contributed by atoms with Gasteiger partial charge in [0.2, 0.25) is 0 Å². The SMILES string of the molecule is CNC1CC(c2ccc(C)c(C)c2)C1.O=C(O)C(F)(F)F. The minimum atomic E-state index is -5.08. The van der Waals surface area contributed by atoms with Crippen LogP contribution in [0.15, 0.2) is 18.2 Å². The molecule has 118 valence electrons. The van der Waals surface area contributed by atoms with Crippen molar-refractivity contribution in [3.05, 3.63) is 34.9 Å². The highest BCUT2D eigenvalue weighted by Gasteiger charge is 2.38. The summed E-state index contributed by atoms with van der Waals surface area (Å²) in [7, 11) is 2.06. The minimum absolute atomic E-state index is 0.751. The highest BCUT2D eigenvalue weighted by molar-refractivity contribution is 5.73. The Morgan fingerprint density at radius 2 is 1.76 bits per heavy atom. The van der Waals surface area contributed by atoms with E-state index in [0.29, 0.717) is 0 Å². The monoisotopic (exact) mass is 303 g/mol. The number of carbonyl (C=O) groups is 1. The molecule has 0 unspecified atom stereocenters. The quantitative estimate of drug-likeness (QED) is 0.880. The number of alkyl halides is 3. The molecule has 6 heteroatoms. The van der Waals surface area contributed by atoms with Crippen LogP contribution in [0.2, 0.25) is 0 Å². The van der Waals surface area contributed by atoms with Gasteiger partial charge in [0, 0.05) is 6.04 Å². The first-order chi connectivity index (χ1) is 9.65. The largest absolute Gasteiger partial charge is 0.490 e. The van der Waals surface area contributed by atoms with Gasteiger partial charge in [-0.2, -0.15) is 13.2 Å². The van der Waals surface area contributed by atoms with E-state index in [2.05, 4.69) is 44.4 Å². The number of nitrogens with one attached hydrogen (secondary N) is 1. The van der Waals surface area contributed by atoms with Crippen LogP contribution in [0.1, 0.15) is 35.4 Å². The summed E-state index contributed by atoms with van der Waals surface area (Å²) in [6.45, 7) is 4.38. The van der Waals surface area contributed by atoms with E-state index in [-0.39, 0.29) is 0 Å². The second kappa shape index (κ2) is 6.93. The molecule has 21 heavy (non-hydrogen) atoms. The van der Waals surface area contributed by atoms with Crippen molar-refractivity contribution in [1.82, 2.24) is 5.32 Å². The zero-order chi connectivity index (χ0) is 16.2. The highest BCUT2D eigenvalue weighted by Crippen LogP contribution is 2.37. The first kappa shape index (κ1) is 17.5. The van der Waals surface area contributed by atoms with Gasteiger partial charge in [-0.1, -0.05) is 18.2 Å². The Labute approximate surface area is 122 Å². The van der Waals surface area contributed by atoms with Crippen LogP contribution in [0.5, 0.6) is 0 Å². The second-order valence-electron chi connectivity index (χ2n) is 5.30. The van der Waals surface area contributed by atoms with Crippen molar-refractivity contribution < 1.29 is 23.1 Å². The van der Waals surface area contributed by atoms with Crippen LogP contribution in [0.3, 0.4) is 0 Å². The van der Waals surface area contributed by atoms with Crippen LogP contribution in [0.25, 0.3) is 0 Å². The Kier molecular flexibility index (Phi) is 5.78. The predicted molar refractivity (Wildman–Crippen MR) is 74.4 cm³/mol. The molecule has 0 aliphatic heterocycles. The maximum Gasteiger partial charge on any atom is 0.490 e. The number of aliphatic carboxylic acids is 1. The molecule has 0 atom stereocenters. The van der Waals surface area contributed by atoms with E-state index in [0.717, 1.165) is 12.0 Å². The molecule has 0 spiro atoms. The summed E-state index contributed by atoms with van der Waals surface area (Å²) in [6, 6.07) is 7.64. The zero-order valence-electron chi connectivity index (χ0n) is 12.3. The topological polar surface area (TPSA) is 49.3 Å². The molecule has 0 saturated heterocycles. The van der Waals surface area contributed by atoms with Crippen molar-refractivity contribution in [2.45, 2.75) is 44.8 Å². The van der Waals surface area contributed by atoms with Gasteiger partial charge < -0.3 is 10.4 Å². The fraction of sp³-hybridized carbons (Fsp3) is 0.533. The molecule has 0 aromatic heterocycles. The van der Waals surface area contributed by atoms with E-state index >= 15 is 0 Å². The van der Waals surface area contributed by atoms with Crippen molar-refractivity contribution in [3.63, 3.8) is 0 Å². The van der Waals surface area contributed by atoms with E-state index in [4.69, 9.17) is 9.90 Å². The lowest BCUT2D eigenvalue weighted by molar-refractivity contribution is -0.192. The van der Waals surface area contributed by atoms with Crippen LogP contribution in [0.4, 0.5) is 13.2 Å². The molecule has 1 aliphatic rings. The number of hydrogen-bond acceptors (Lipinski definition) is 2.